The Labute approximate surface area is 192 Å². The molecule has 0 spiro atoms. The topological polar surface area (TPSA) is 89.7 Å². The molecule has 2 fully saturated rings. The van der Waals surface area contributed by atoms with Gasteiger partial charge in [-0.05, 0) is 32.2 Å². The van der Waals surface area contributed by atoms with Gasteiger partial charge >= 0.3 is 0 Å². The van der Waals surface area contributed by atoms with Crippen molar-refractivity contribution in [1.29, 1.82) is 0 Å². The van der Waals surface area contributed by atoms with Crippen LogP contribution in [-0.4, -0.2) is 72.3 Å². The highest BCUT2D eigenvalue weighted by molar-refractivity contribution is 5.91. The van der Waals surface area contributed by atoms with Crippen LogP contribution in [0, 0.1) is 0 Å². The maximum atomic E-state index is 5.48. The van der Waals surface area contributed by atoms with E-state index >= 15 is 0 Å². The monoisotopic (exact) mass is 446 g/mol. The number of rotatable bonds is 5. The average Bonchev–Trinajstić information content (AvgIpc) is 3.63. The molecule has 0 unspecified atom stereocenters. The van der Waals surface area contributed by atoms with Crippen molar-refractivity contribution in [3.63, 3.8) is 0 Å². The van der Waals surface area contributed by atoms with E-state index in [2.05, 4.69) is 48.6 Å². The summed E-state index contributed by atoms with van der Waals surface area (Å²) in [4.78, 5) is 15.4. The summed E-state index contributed by atoms with van der Waals surface area (Å²) in [6.07, 6.45) is 16.2. The number of H-pyrrole nitrogens is 1. The van der Waals surface area contributed by atoms with E-state index in [4.69, 9.17) is 14.8 Å². The van der Waals surface area contributed by atoms with E-state index in [9.17, 15) is 0 Å². The molecule has 0 atom stereocenters. The first kappa shape index (κ1) is 20.6. The molecule has 4 aromatic heterocycles. The van der Waals surface area contributed by atoms with Crippen LogP contribution in [0.25, 0.3) is 33.5 Å². The Morgan fingerprint density at radius 3 is 2.39 bits per heavy atom. The molecule has 6 rings (SSSR count). The van der Waals surface area contributed by atoms with E-state index in [-0.39, 0.29) is 0 Å². The number of aromatic nitrogens is 7. The average molecular weight is 447 g/mol. The number of nitrogens with zero attached hydrogens (tertiary/aromatic N) is 7. The normalized spacial score (nSPS) is 18.9. The number of aromatic amines is 1. The Balaban J connectivity index is 1.26. The molecule has 6 heterocycles. The van der Waals surface area contributed by atoms with Gasteiger partial charge in [0.2, 0.25) is 0 Å². The zero-order valence-electron chi connectivity index (χ0n) is 19.0. The third-order valence-electron chi connectivity index (χ3n) is 7.13. The summed E-state index contributed by atoms with van der Waals surface area (Å²) < 4.78 is 9.67. The lowest BCUT2D eigenvalue weighted by Crippen LogP contribution is -2.34. The lowest BCUT2D eigenvalue weighted by molar-refractivity contribution is 0.0662. The van der Waals surface area contributed by atoms with Crippen LogP contribution in [0.15, 0.2) is 37.2 Å². The molecule has 0 radical (unpaired) electrons. The molecule has 33 heavy (non-hydrogen) atoms. The third-order valence-corrected chi connectivity index (χ3v) is 7.13. The lowest BCUT2D eigenvalue weighted by Gasteiger charge is -2.31. The zero-order valence-corrected chi connectivity index (χ0v) is 19.0. The van der Waals surface area contributed by atoms with Crippen molar-refractivity contribution < 1.29 is 4.74 Å². The lowest BCUT2D eigenvalue weighted by atomic mass is 10.1. The van der Waals surface area contributed by atoms with E-state index in [1.54, 1.807) is 0 Å². The summed E-state index contributed by atoms with van der Waals surface area (Å²) in [7, 11) is 0. The van der Waals surface area contributed by atoms with Crippen molar-refractivity contribution in [3.05, 3.63) is 37.2 Å². The number of nitrogens with one attached hydrogen (secondary N) is 1. The van der Waals surface area contributed by atoms with Gasteiger partial charge in [0.15, 0.2) is 5.65 Å². The standard InChI is InChI=1S/C24H30N8O/c1-2-30-7-3-19(4-8-30)31-15-17(11-27-31)21-13-25-24-23(21)29-22(14-26-24)18-12-28-32(16-18)20-5-9-33-10-6-20/h11-16,19-20H,2-10H2,1H3,(H,25,26). The fourth-order valence-electron chi connectivity index (χ4n) is 5.05. The highest BCUT2D eigenvalue weighted by atomic mass is 16.5. The predicted octanol–water partition coefficient (Wildman–Crippen LogP) is 3.69. The van der Waals surface area contributed by atoms with Crippen molar-refractivity contribution in [2.75, 3.05) is 32.8 Å². The fraction of sp³-hybridized carbons (Fsp3) is 0.500. The summed E-state index contributed by atoms with van der Waals surface area (Å²) in [6, 6.07) is 0.853. The van der Waals surface area contributed by atoms with Gasteiger partial charge in [0.1, 0.15) is 5.52 Å². The summed E-state index contributed by atoms with van der Waals surface area (Å²) in [5.41, 5.74) is 5.58. The van der Waals surface area contributed by atoms with Gasteiger partial charge in [-0.3, -0.25) is 9.36 Å². The first-order chi connectivity index (χ1) is 16.3. The molecular formula is C24H30N8O. The van der Waals surface area contributed by atoms with E-state index < -0.39 is 0 Å². The highest BCUT2D eigenvalue weighted by Crippen LogP contribution is 2.31. The molecule has 2 aliphatic heterocycles. The molecule has 1 N–H and O–H groups in total. The molecule has 0 bridgehead atoms. The van der Waals surface area contributed by atoms with Crippen molar-refractivity contribution in [2.24, 2.45) is 0 Å². The molecule has 0 aliphatic carbocycles. The highest BCUT2D eigenvalue weighted by Gasteiger charge is 2.22. The number of ether oxygens (including phenoxy) is 1. The summed E-state index contributed by atoms with van der Waals surface area (Å²) >= 11 is 0. The Hall–Kier alpha value is -3.04. The van der Waals surface area contributed by atoms with Gasteiger partial charge in [-0.15, -0.1) is 0 Å². The molecule has 9 nitrogen and oxygen atoms in total. The van der Waals surface area contributed by atoms with Crippen molar-refractivity contribution in [3.8, 4) is 22.4 Å². The van der Waals surface area contributed by atoms with Gasteiger partial charge in [0, 0.05) is 61.6 Å². The number of piperidine rings is 1. The van der Waals surface area contributed by atoms with Gasteiger partial charge in [-0.25, -0.2) is 9.97 Å². The molecule has 0 amide bonds. The largest absolute Gasteiger partial charge is 0.381 e. The smallest absolute Gasteiger partial charge is 0.156 e. The van der Waals surface area contributed by atoms with E-state index in [0.29, 0.717) is 12.1 Å². The van der Waals surface area contributed by atoms with Crippen LogP contribution in [0.3, 0.4) is 0 Å². The van der Waals surface area contributed by atoms with E-state index in [0.717, 1.165) is 92.1 Å². The molecule has 0 aromatic carbocycles. The summed E-state index contributed by atoms with van der Waals surface area (Å²) in [5, 5.41) is 9.30. The number of hydrogen-bond donors (Lipinski definition) is 1. The number of fused-ring (bicyclic) bond motifs is 1. The summed E-state index contributed by atoms with van der Waals surface area (Å²) in [5.74, 6) is 0. The maximum Gasteiger partial charge on any atom is 0.156 e. The SMILES string of the molecule is CCN1CCC(n2cc(-c3c[nH]c4ncc(-c5cnn(C6CCOCC6)c5)nc34)cn2)CC1. The second-order valence-corrected chi connectivity index (χ2v) is 9.08. The maximum absolute atomic E-state index is 5.48. The molecule has 2 aliphatic rings. The minimum Gasteiger partial charge on any atom is -0.381 e. The Morgan fingerprint density at radius 2 is 1.64 bits per heavy atom. The van der Waals surface area contributed by atoms with Crippen LogP contribution < -0.4 is 0 Å². The van der Waals surface area contributed by atoms with E-state index in [1.165, 1.54) is 0 Å². The van der Waals surface area contributed by atoms with Gasteiger partial charge in [-0.1, -0.05) is 6.92 Å². The van der Waals surface area contributed by atoms with Gasteiger partial charge in [-0.2, -0.15) is 10.2 Å². The minimum absolute atomic E-state index is 0.391. The van der Waals surface area contributed by atoms with Crippen molar-refractivity contribution >= 4 is 11.2 Å². The van der Waals surface area contributed by atoms with Gasteiger partial charge in [0.25, 0.3) is 0 Å². The Morgan fingerprint density at radius 1 is 0.939 bits per heavy atom. The molecule has 4 aromatic rings. The molecule has 9 heteroatoms. The van der Waals surface area contributed by atoms with Crippen LogP contribution >= 0.6 is 0 Å². The minimum atomic E-state index is 0.391. The molecular weight excluding hydrogens is 416 g/mol. The quantitative estimate of drug-likeness (QED) is 0.503. The Kier molecular flexibility index (Phi) is 5.43. The molecule has 2 saturated heterocycles. The second-order valence-electron chi connectivity index (χ2n) is 9.08. The molecule has 0 saturated carbocycles. The van der Waals surface area contributed by atoms with E-state index in [1.807, 2.05) is 24.8 Å². The van der Waals surface area contributed by atoms with Gasteiger partial charge in [0.05, 0.1) is 36.4 Å². The van der Waals surface area contributed by atoms with Crippen LogP contribution in [0.1, 0.15) is 44.7 Å². The molecule has 172 valence electrons. The van der Waals surface area contributed by atoms with Crippen molar-refractivity contribution in [1.82, 2.24) is 39.4 Å². The number of likely N-dealkylation sites (tertiary alicyclic amines) is 1. The van der Waals surface area contributed by atoms with Gasteiger partial charge < -0.3 is 14.6 Å². The first-order valence-electron chi connectivity index (χ1n) is 12.0. The fourth-order valence-corrected chi connectivity index (χ4v) is 5.05. The Bertz CT molecular complexity index is 1230. The van der Waals surface area contributed by atoms with Crippen LogP contribution in [0.4, 0.5) is 0 Å². The third kappa shape index (κ3) is 3.95. The predicted molar refractivity (Wildman–Crippen MR) is 126 cm³/mol. The van der Waals surface area contributed by atoms with Crippen LogP contribution in [-0.2, 0) is 4.74 Å². The van der Waals surface area contributed by atoms with Crippen LogP contribution in [0.5, 0.6) is 0 Å². The second kappa shape index (κ2) is 8.72. The van der Waals surface area contributed by atoms with Crippen molar-refractivity contribution in [2.45, 2.75) is 44.7 Å². The number of hydrogen-bond acceptors (Lipinski definition) is 6. The zero-order chi connectivity index (χ0) is 22.2. The summed E-state index contributed by atoms with van der Waals surface area (Å²) in [6.45, 7) is 7.23. The van der Waals surface area contributed by atoms with Crippen LogP contribution in [0.2, 0.25) is 0 Å². The first-order valence-corrected chi connectivity index (χ1v) is 12.0.